The van der Waals surface area contributed by atoms with Gasteiger partial charge in [0.25, 0.3) is 0 Å². The van der Waals surface area contributed by atoms with Crippen LogP contribution in [0.25, 0.3) is 5.65 Å². The summed E-state index contributed by atoms with van der Waals surface area (Å²) in [5.74, 6) is 0.741. The number of nitrogens with one attached hydrogen (secondary N) is 1. The van der Waals surface area contributed by atoms with Gasteiger partial charge >= 0.3 is 0 Å². The molecule has 2 heterocycles. The number of nitrogens with zero attached hydrogens (tertiary/aromatic N) is 2. The van der Waals surface area contributed by atoms with Gasteiger partial charge in [-0.3, -0.25) is 4.79 Å². The van der Waals surface area contributed by atoms with E-state index >= 15 is 0 Å². The largest absolute Gasteiger partial charge is 0.487 e. The highest BCUT2D eigenvalue weighted by atomic mass is 16.5. The number of amides is 1. The van der Waals surface area contributed by atoms with Crippen LogP contribution in [0.1, 0.15) is 24.1 Å². The molecule has 0 unspecified atom stereocenters. The van der Waals surface area contributed by atoms with Crippen LogP contribution >= 0.6 is 0 Å². The highest BCUT2D eigenvalue weighted by Crippen LogP contribution is 2.49. The van der Waals surface area contributed by atoms with Gasteiger partial charge in [0.2, 0.25) is 5.91 Å². The van der Waals surface area contributed by atoms with E-state index in [4.69, 9.17) is 4.74 Å². The quantitative estimate of drug-likeness (QED) is 0.530. The predicted octanol–water partition coefficient (Wildman–Crippen LogP) is 4.58. The number of benzene rings is 2. The van der Waals surface area contributed by atoms with Crippen LogP contribution in [0.5, 0.6) is 5.75 Å². The summed E-state index contributed by atoms with van der Waals surface area (Å²) in [7, 11) is 0. The average Bonchev–Trinajstić information content (AvgIpc) is 3.47. The fraction of sp³-hybridized carbons (Fsp3) is 0.167. The highest BCUT2D eigenvalue weighted by molar-refractivity contribution is 6.01. The molecule has 0 saturated heterocycles. The minimum atomic E-state index is -0.394. The van der Waals surface area contributed by atoms with Crippen LogP contribution in [0, 0.1) is 0 Å². The molecule has 1 saturated carbocycles. The molecule has 144 valence electrons. The molecule has 1 aliphatic carbocycles. The molecular weight excluding hydrogens is 362 g/mol. The average molecular weight is 383 g/mol. The summed E-state index contributed by atoms with van der Waals surface area (Å²) in [4.78, 5) is 17.5. The molecule has 29 heavy (non-hydrogen) atoms. The van der Waals surface area contributed by atoms with Crippen LogP contribution in [0.3, 0.4) is 0 Å². The Morgan fingerprint density at radius 1 is 1.03 bits per heavy atom. The third-order valence-electron chi connectivity index (χ3n) is 5.40. The summed E-state index contributed by atoms with van der Waals surface area (Å²) >= 11 is 0. The molecule has 0 spiro atoms. The van der Waals surface area contributed by atoms with Crippen molar-refractivity contribution in [3.05, 3.63) is 96.4 Å². The third-order valence-corrected chi connectivity index (χ3v) is 5.40. The maximum Gasteiger partial charge on any atom is 0.235 e. The number of rotatable bonds is 6. The van der Waals surface area contributed by atoms with E-state index in [0.717, 1.165) is 35.4 Å². The molecule has 5 heteroatoms. The van der Waals surface area contributed by atoms with Crippen LogP contribution in [-0.2, 0) is 16.8 Å². The van der Waals surface area contributed by atoms with Crippen LogP contribution in [0.15, 0.2) is 85.2 Å². The Hall–Kier alpha value is -3.60. The van der Waals surface area contributed by atoms with Gasteiger partial charge in [0.1, 0.15) is 18.0 Å². The second-order valence-corrected chi connectivity index (χ2v) is 7.42. The van der Waals surface area contributed by atoms with Crippen molar-refractivity contribution in [2.45, 2.75) is 24.9 Å². The number of aromatic nitrogens is 2. The van der Waals surface area contributed by atoms with Gasteiger partial charge in [-0.15, -0.1) is 0 Å². The van der Waals surface area contributed by atoms with Gasteiger partial charge in [0.05, 0.1) is 11.1 Å². The number of carbonyl (C=O) groups is 1. The highest BCUT2D eigenvalue weighted by Gasteiger charge is 2.51. The predicted molar refractivity (Wildman–Crippen MR) is 112 cm³/mol. The second kappa shape index (κ2) is 7.09. The molecule has 5 nitrogen and oxygen atoms in total. The molecule has 0 bridgehead atoms. The lowest BCUT2D eigenvalue weighted by molar-refractivity contribution is -0.118. The monoisotopic (exact) mass is 383 g/mol. The first-order chi connectivity index (χ1) is 14.2. The molecule has 4 aromatic rings. The van der Waals surface area contributed by atoms with Gasteiger partial charge in [-0.2, -0.15) is 0 Å². The lowest BCUT2D eigenvalue weighted by Crippen LogP contribution is -2.27. The second-order valence-electron chi connectivity index (χ2n) is 7.42. The van der Waals surface area contributed by atoms with Gasteiger partial charge in [-0.1, -0.05) is 42.5 Å². The molecule has 2 aromatic heterocycles. The van der Waals surface area contributed by atoms with Crippen molar-refractivity contribution in [1.82, 2.24) is 9.38 Å². The number of carbonyl (C=O) groups excluding carboxylic acids is 1. The Morgan fingerprint density at radius 2 is 1.86 bits per heavy atom. The first kappa shape index (κ1) is 17.5. The molecule has 0 radical (unpaired) electrons. The summed E-state index contributed by atoms with van der Waals surface area (Å²) in [5, 5.41) is 3.06. The van der Waals surface area contributed by atoms with Crippen molar-refractivity contribution in [2.24, 2.45) is 0 Å². The molecule has 0 aliphatic heterocycles. The van der Waals surface area contributed by atoms with Crippen LogP contribution < -0.4 is 10.1 Å². The number of imidazole rings is 1. The first-order valence-electron chi connectivity index (χ1n) is 9.75. The van der Waals surface area contributed by atoms with E-state index in [1.54, 1.807) is 0 Å². The van der Waals surface area contributed by atoms with Crippen molar-refractivity contribution >= 4 is 17.2 Å². The first-order valence-corrected chi connectivity index (χ1v) is 9.75. The van der Waals surface area contributed by atoms with Crippen molar-refractivity contribution in [3.8, 4) is 5.75 Å². The summed E-state index contributed by atoms with van der Waals surface area (Å²) in [6.45, 7) is 0.368. The molecule has 1 N–H and O–H groups in total. The van der Waals surface area contributed by atoms with Crippen molar-refractivity contribution in [3.63, 3.8) is 0 Å². The minimum Gasteiger partial charge on any atom is -0.487 e. The SMILES string of the molecule is O=C(Nc1cccc(OCc2cn3ccccc3n2)c1)C1(c2ccccc2)CC1. The van der Waals surface area contributed by atoms with Gasteiger partial charge in [-0.25, -0.2) is 4.98 Å². The molecule has 1 fully saturated rings. The number of anilines is 1. The number of ether oxygens (including phenoxy) is 1. The van der Waals surface area contributed by atoms with Gasteiger partial charge < -0.3 is 14.5 Å². The molecular formula is C24H21N3O2. The number of fused-ring (bicyclic) bond motifs is 1. The van der Waals surface area contributed by atoms with Crippen LogP contribution in [0.4, 0.5) is 5.69 Å². The lowest BCUT2D eigenvalue weighted by atomic mass is 9.95. The third kappa shape index (κ3) is 3.47. The molecule has 5 rings (SSSR count). The van der Waals surface area contributed by atoms with Crippen molar-refractivity contribution in [2.75, 3.05) is 5.32 Å². The van der Waals surface area contributed by atoms with E-state index in [1.165, 1.54) is 0 Å². The Balaban J connectivity index is 1.27. The molecule has 2 aromatic carbocycles. The Bertz CT molecular complexity index is 1130. The van der Waals surface area contributed by atoms with Crippen molar-refractivity contribution < 1.29 is 9.53 Å². The standard InChI is InChI=1S/C24H21N3O2/c28-23(24(12-13-24)18-7-2-1-3-8-18)26-19-9-6-10-21(15-19)29-17-20-16-27-14-5-4-11-22(27)25-20/h1-11,14-16H,12-13,17H2,(H,26,28). The van der Waals surface area contributed by atoms with Gasteiger partial charge in [0.15, 0.2) is 0 Å². The van der Waals surface area contributed by atoms with E-state index in [9.17, 15) is 4.79 Å². The van der Waals surface area contributed by atoms with Crippen LogP contribution in [-0.4, -0.2) is 15.3 Å². The molecule has 0 atom stereocenters. The summed E-state index contributed by atoms with van der Waals surface area (Å²) in [5.41, 5.74) is 3.17. The minimum absolute atomic E-state index is 0.0428. The fourth-order valence-corrected chi connectivity index (χ4v) is 3.66. The molecule has 1 aliphatic rings. The van der Waals surface area contributed by atoms with E-state index < -0.39 is 5.41 Å². The maximum absolute atomic E-state index is 12.9. The maximum atomic E-state index is 12.9. The van der Waals surface area contributed by atoms with E-state index in [-0.39, 0.29) is 5.91 Å². The fourth-order valence-electron chi connectivity index (χ4n) is 3.66. The van der Waals surface area contributed by atoms with Crippen LogP contribution in [0.2, 0.25) is 0 Å². The Labute approximate surface area is 169 Å². The van der Waals surface area contributed by atoms with Crippen molar-refractivity contribution in [1.29, 1.82) is 0 Å². The summed E-state index contributed by atoms with van der Waals surface area (Å²) in [6, 6.07) is 23.4. The zero-order valence-electron chi connectivity index (χ0n) is 15.9. The lowest BCUT2D eigenvalue weighted by Gasteiger charge is -2.16. The zero-order chi connectivity index (χ0) is 19.7. The number of pyridine rings is 1. The Kier molecular flexibility index (Phi) is 4.28. The summed E-state index contributed by atoms with van der Waals surface area (Å²) in [6.07, 6.45) is 5.68. The van der Waals surface area contributed by atoms with E-state index in [1.807, 2.05) is 89.6 Å². The molecule has 1 amide bonds. The normalized spacial score (nSPS) is 14.5. The van der Waals surface area contributed by atoms with Gasteiger partial charge in [-0.05, 0) is 42.7 Å². The van der Waals surface area contributed by atoms with E-state index in [2.05, 4.69) is 10.3 Å². The zero-order valence-corrected chi connectivity index (χ0v) is 15.9. The number of hydrogen-bond donors (Lipinski definition) is 1. The smallest absolute Gasteiger partial charge is 0.235 e. The number of hydrogen-bond acceptors (Lipinski definition) is 3. The Morgan fingerprint density at radius 3 is 2.66 bits per heavy atom. The van der Waals surface area contributed by atoms with E-state index in [0.29, 0.717) is 12.4 Å². The van der Waals surface area contributed by atoms with Gasteiger partial charge in [0, 0.05) is 24.1 Å². The topological polar surface area (TPSA) is 55.6 Å². The summed E-state index contributed by atoms with van der Waals surface area (Å²) < 4.78 is 7.87.